The summed E-state index contributed by atoms with van der Waals surface area (Å²) in [5.74, 6) is 0.723. The van der Waals surface area contributed by atoms with Gasteiger partial charge in [0, 0.05) is 5.41 Å². The van der Waals surface area contributed by atoms with Gasteiger partial charge in [0.25, 0.3) is 0 Å². The average Bonchev–Trinajstić information content (AvgIpc) is 2.85. The predicted molar refractivity (Wildman–Crippen MR) is 143 cm³/mol. The van der Waals surface area contributed by atoms with Gasteiger partial charge in [-0.1, -0.05) is 74.5 Å². The molecule has 0 spiro atoms. The van der Waals surface area contributed by atoms with Gasteiger partial charge in [-0.05, 0) is 59.7 Å². The van der Waals surface area contributed by atoms with Crippen LogP contribution in [0.5, 0.6) is 23.0 Å². The topological polar surface area (TPSA) is 143 Å². The standard InChI is InChI=1S/C15H16O2.C12H12O7P2/c1-15(2,11-3-7-13(16)8-4-11)12-5-9-14(17)10-6-12;13-20(14,15)19-21(16,17-11-7-3-1-4-8-11)18-12-9-5-2-6-10-12/h3-10,16-17H,1-2H3;1-10H,(H2,13,14,15). The van der Waals surface area contributed by atoms with E-state index in [1.54, 1.807) is 60.7 Å². The number of benzene rings is 4. The van der Waals surface area contributed by atoms with E-state index >= 15 is 0 Å². The quantitative estimate of drug-likeness (QED) is 0.172. The Balaban J connectivity index is 0.000000215. The highest BCUT2D eigenvalue weighted by atomic mass is 31.3. The maximum Gasteiger partial charge on any atom is 0.596 e. The molecule has 9 nitrogen and oxygen atoms in total. The molecule has 4 rings (SSSR count). The van der Waals surface area contributed by atoms with Crippen LogP contribution in [0.3, 0.4) is 0 Å². The fourth-order valence-corrected chi connectivity index (χ4v) is 5.43. The number of hydrogen-bond acceptors (Lipinski definition) is 7. The van der Waals surface area contributed by atoms with Crippen LogP contribution in [0.1, 0.15) is 25.0 Å². The van der Waals surface area contributed by atoms with E-state index < -0.39 is 15.6 Å². The fourth-order valence-electron chi connectivity index (χ4n) is 3.33. The number of para-hydroxylation sites is 2. The van der Waals surface area contributed by atoms with Crippen LogP contribution in [0, 0.1) is 0 Å². The summed E-state index contributed by atoms with van der Waals surface area (Å²) in [6.07, 6.45) is 0. The van der Waals surface area contributed by atoms with Crippen molar-refractivity contribution in [3.63, 3.8) is 0 Å². The molecule has 11 heteroatoms. The summed E-state index contributed by atoms with van der Waals surface area (Å²) in [6, 6.07) is 30.0. The molecule has 0 unspecified atom stereocenters. The lowest BCUT2D eigenvalue weighted by atomic mass is 9.78. The number of phenols is 2. The molecule has 0 aliphatic rings. The lowest BCUT2D eigenvalue weighted by Gasteiger charge is -2.26. The van der Waals surface area contributed by atoms with Gasteiger partial charge >= 0.3 is 15.6 Å². The van der Waals surface area contributed by atoms with Crippen LogP contribution >= 0.6 is 15.6 Å². The van der Waals surface area contributed by atoms with Crippen LogP contribution in [-0.4, -0.2) is 20.0 Å². The highest BCUT2D eigenvalue weighted by molar-refractivity contribution is 7.61. The molecule has 0 aliphatic carbocycles. The highest BCUT2D eigenvalue weighted by Crippen LogP contribution is 2.60. The molecule has 0 aliphatic heterocycles. The second kappa shape index (κ2) is 12.3. The molecule has 200 valence electrons. The van der Waals surface area contributed by atoms with E-state index in [2.05, 4.69) is 18.2 Å². The van der Waals surface area contributed by atoms with Gasteiger partial charge in [0.1, 0.15) is 23.0 Å². The lowest BCUT2D eigenvalue weighted by molar-refractivity contribution is 0.233. The van der Waals surface area contributed by atoms with Gasteiger partial charge in [-0.25, -0.2) is 9.13 Å². The summed E-state index contributed by atoms with van der Waals surface area (Å²) in [7, 11) is -9.62. The summed E-state index contributed by atoms with van der Waals surface area (Å²) >= 11 is 0. The molecule has 0 atom stereocenters. The SMILES string of the molecule is CC(C)(c1ccc(O)cc1)c1ccc(O)cc1.O=P(O)(O)OP(=O)(Oc1ccccc1)Oc1ccccc1. The van der Waals surface area contributed by atoms with Gasteiger partial charge in [-0.15, -0.1) is 0 Å². The molecular formula is C27H28O9P2. The maximum atomic E-state index is 12.4. The molecule has 0 saturated heterocycles. The van der Waals surface area contributed by atoms with Crippen molar-refractivity contribution >= 4 is 15.6 Å². The summed E-state index contributed by atoms with van der Waals surface area (Å²) < 4.78 is 37.6. The minimum absolute atomic E-state index is 0.0882. The van der Waals surface area contributed by atoms with Crippen molar-refractivity contribution < 1.29 is 42.5 Å². The number of aromatic hydroxyl groups is 2. The van der Waals surface area contributed by atoms with E-state index in [-0.39, 0.29) is 28.4 Å². The molecule has 38 heavy (non-hydrogen) atoms. The molecule has 0 heterocycles. The Bertz CT molecular complexity index is 1290. The van der Waals surface area contributed by atoms with Crippen molar-refractivity contribution in [1.82, 2.24) is 0 Å². The first kappa shape index (κ1) is 29.0. The Hall–Kier alpha value is -3.58. The minimum atomic E-state index is -5.07. The number of phosphoric ester groups is 1. The molecule has 0 amide bonds. The van der Waals surface area contributed by atoms with Gasteiger partial charge in [-0.3, -0.25) is 0 Å². The highest BCUT2D eigenvalue weighted by Gasteiger charge is 2.39. The first-order chi connectivity index (χ1) is 17.9. The second-order valence-corrected chi connectivity index (χ2v) is 11.4. The third-order valence-electron chi connectivity index (χ3n) is 5.31. The van der Waals surface area contributed by atoms with Crippen LogP contribution in [-0.2, 0) is 18.9 Å². The zero-order chi connectivity index (χ0) is 27.8. The van der Waals surface area contributed by atoms with E-state index in [4.69, 9.17) is 18.8 Å². The van der Waals surface area contributed by atoms with Crippen LogP contribution < -0.4 is 9.05 Å². The van der Waals surface area contributed by atoms with E-state index in [1.807, 2.05) is 24.3 Å². The van der Waals surface area contributed by atoms with Crippen LogP contribution in [0.15, 0.2) is 109 Å². The predicted octanol–water partition coefficient (Wildman–Crippen LogP) is 6.79. The maximum absolute atomic E-state index is 12.4. The smallest absolute Gasteiger partial charge is 0.508 e. The normalized spacial score (nSPS) is 11.7. The van der Waals surface area contributed by atoms with Crippen molar-refractivity contribution in [2.45, 2.75) is 19.3 Å². The molecule has 4 N–H and O–H groups in total. The van der Waals surface area contributed by atoms with Crippen LogP contribution in [0.25, 0.3) is 0 Å². The molecule has 4 aromatic carbocycles. The Morgan fingerprint density at radius 3 is 1.24 bits per heavy atom. The fraction of sp³-hybridized carbons (Fsp3) is 0.111. The first-order valence-electron chi connectivity index (χ1n) is 11.3. The van der Waals surface area contributed by atoms with Crippen molar-refractivity contribution in [3.8, 4) is 23.0 Å². The van der Waals surface area contributed by atoms with E-state index in [9.17, 15) is 19.3 Å². The Morgan fingerprint density at radius 2 is 0.921 bits per heavy atom. The monoisotopic (exact) mass is 558 g/mol. The molecule has 0 fully saturated rings. The summed E-state index contributed by atoms with van der Waals surface area (Å²) in [5, 5.41) is 18.6. The molecule has 0 saturated carbocycles. The number of hydrogen-bond donors (Lipinski definition) is 4. The lowest BCUT2D eigenvalue weighted by Crippen LogP contribution is -2.18. The van der Waals surface area contributed by atoms with Crippen molar-refractivity contribution in [1.29, 1.82) is 0 Å². The van der Waals surface area contributed by atoms with E-state index in [0.29, 0.717) is 0 Å². The van der Waals surface area contributed by atoms with Crippen molar-refractivity contribution in [3.05, 3.63) is 120 Å². The van der Waals surface area contributed by atoms with Gasteiger partial charge < -0.3 is 29.0 Å². The molecular weight excluding hydrogens is 530 g/mol. The molecule has 0 radical (unpaired) electrons. The summed E-state index contributed by atoms with van der Waals surface area (Å²) in [5.41, 5.74) is 2.10. The largest absolute Gasteiger partial charge is 0.596 e. The van der Waals surface area contributed by atoms with Gasteiger partial charge in [0.15, 0.2) is 0 Å². The van der Waals surface area contributed by atoms with Crippen molar-refractivity contribution in [2.24, 2.45) is 0 Å². The third-order valence-corrected chi connectivity index (χ3v) is 7.82. The average molecular weight is 558 g/mol. The van der Waals surface area contributed by atoms with Gasteiger partial charge in [0.2, 0.25) is 0 Å². The van der Waals surface area contributed by atoms with Crippen molar-refractivity contribution in [2.75, 3.05) is 0 Å². The van der Waals surface area contributed by atoms with Gasteiger partial charge in [0.05, 0.1) is 0 Å². The number of rotatable bonds is 8. The Morgan fingerprint density at radius 1 is 0.579 bits per heavy atom. The second-order valence-electron chi connectivity index (χ2n) is 8.55. The third kappa shape index (κ3) is 8.77. The molecule has 4 aromatic rings. The number of phenolic OH excluding ortho intramolecular Hbond substituents is 2. The zero-order valence-electron chi connectivity index (χ0n) is 20.6. The Kier molecular flexibility index (Phi) is 9.39. The van der Waals surface area contributed by atoms with E-state index in [1.165, 1.54) is 24.3 Å². The zero-order valence-corrected chi connectivity index (χ0v) is 22.4. The molecule has 0 bridgehead atoms. The summed E-state index contributed by atoms with van der Waals surface area (Å²) in [4.78, 5) is 17.7. The number of phosphoric acid groups is 2. The Labute approximate surface area is 220 Å². The van der Waals surface area contributed by atoms with Crippen LogP contribution in [0.2, 0.25) is 0 Å². The van der Waals surface area contributed by atoms with Crippen LogP contribution in [0.4, 0.5) is 0 Å². The molecule has 0 aromatic heterocycles. The van der Waals surface area contributed by atoms with Gasteiger partial charge in [-0.2, -0.15) is 4.31 Å². The van der Waals surface area contributed by atoms with E-state index in [0.717, 1.165) is 11.1 Å². The minimum Gasteiger partial charge on any atom is -0.508 e. The summed E-state index contributed by atoms with van der Waals surface area (Å²) in [6.45, 7) is 4.23. The first-order valence-corrected chi connectivity index (χ1v) is 14.3.